The second kappa shape index (κ2) is 26.0. The molecule has 0 saturated heterocycles. The maximum atomic E-state index is 12.8. The summed E-state index contributed by atoms with van der Waals surface area (Å²) in [5.74, 6) is 0. The average Bonchev–Trinajstić information content (AvgIpc) is 3.09. The van der Waals surface area contributed by atoms with Gasteiger partial charge in [-0.25, -0.2) is 0 Å². The van der Waals surface area contributed by atoms with Gasteiger partial charge in [-0.2, -0.15) is 211 Å². The molecule has 83 heavy (non-hydrogen) atoms. The summed E-state index contributed by atoms with van der Waals surface area (Å²) in [6.07, 6.45) is -171. The first-order valence-corrected chi connectivity index (χ1v) is 17.5. The third-order valence-electron chi connectivity index (χ3n) is 7.18. The van der Waals surface area contributed by atoms with Crippen LogP contribution in [0.15, 0.2) is 0 Å². The summed E-state index contributed by atoms with van der Waals surface area (Å²) in [5, 5.41) is 0. The van der Waals surface area contributed by atoms with Crippen LogP contribution in [-0.2, 0) is 37.2 Å². The zero-order valence-electron chi connectivity index (χ0n) is 35.9. The largest absolute Gasteiger partial charge is 2.00 e. The molecular weight excluding hydrogens is 1390 g/mol. The fraction of sp³-hybridized carbons (Fsp3) is 1.00. The van der Waals surface area contributed by atoms with Gasteiger partial charge in [-0.1, -0.05) is 0 Å². The van der Waals surface area contributed by atoms with E-state index in [4.69, 9.17) is 0 Å². The monoisotopic (exact) mass is 1400 g/mol. The summed E-state index contributed by atoms with van der Waals surface area (Å²) in [4.78, 5) is 0. The van der Waals surface area contributed by atoms with Crippen molar-refractivity contribution in [3.05, 3.63) is 0 Å². The molecule has 0 aliphatic rings. The van der Waals surface area contributed by atoms with Crippen LogP contribution in [0.3, 0.4) is 0 Å². The fourth-order valence-electron chi connectivity index (χ4n) is 4.44. The maximum absolute atomic E-state index is 12.8. The summed E-state index contributed by atoms with van der Waals surface area (Å²) in [5.41, 5.74) is 0. The van der Waals surface area contributed by atoms with Crippen molar-refractivity contribution < 1.29 is 248 Å². The van der Waals surface area contributed by atoms with Gasteiger partial charge in [-0.15, -0.1) is 0 Å². The van der Waals surface area contributed by atoms with Gasteiger partial charge in [0.1, 0.15) is 0 Å². The second-order valence-corrected chi connectivity index (χ2v) is 13.9. The van der Waals surface area contributed by atoms with E-state index in [0.717, 1.165) is 0 Å². The Morgan fingerprint density at radius 2 is 0.181 bits per heavy atom. The molecule has 0 radical (unpaired) electrons. The van der Waals surface area contributed by atoms with Gasteiger partial charge < -0.3 is 37.2 Å². The van der Waals surface area contributed by atoms with Gasteiger partial charge in [0.15, 0.2) is 0 Å². The number of alkyl halides is 48. The molecule has 0 aliphatic heterocycles. The van der Waals surface area contributed by atoms with Crippen molar-refractivity contribution in [2.75, 3.05) is 0 Å². The number of rotatable bonds is 16. The molecule has 0 heterocycles. The van der Waals surface area contributed by atoms with Gasteiger partial charge in [0, 0.05) is 0 Å². The molecule has 0 unspecified atom stereocenters. The first-order valence-electron chi connectivity index (χ1n) is 17.5. The molecular formula is C24H8B2CaF48O8. The van der Waals surface area contributed by atoms with Gasteiger partial charge >= 0.3 is 150 Å². The van der Waals surface area contributed by atoms with E-state index in [9.17, 15) is 211 Å². The Morgan fingerprint density at radius 3 is 0.217 bits per heavy atom. The molecule has 0 aromatic heterocycles. The number of hydrogen-bond acceptors (Lipinski definition) is 8. The van der Waals surface area contributed by atoms with E-state index in [-0.39, 0.29) is 37.7 Å². The first-order chi connectivity index (χ1) is 34.7. The van der Waals surface area contributed by atoms with Crippen molar-refractivity contribution in [3.8, 4) is 0 Å². The molecule has 0 bridgehead atoms. The normalized spacial score (nSPS) is 15.9. The molecule has 0 rings (SSSR count). The summed E-state index contributed by atoms with van der Waals surface area (Å²) in [6, 6.07) is 0. The van der Waals surface area contributed by atoms with Crippen LogP contribution in [0.25, 0.3) is 0 Å². The zero-order chi connectivity index (χ0) is 67.3. The summed E-state index contributed by atoms with van der Waals surface area (Å²) >= 11 is 0. The van der Waals surface area contributed by atoms with Gasteiger partial charge in [0.05, 0.1) is 0 Å². The third kappa shape index (κ3) is 26.9. The van der Waals surface area contributed by atoms with Crippen LogP contribution in [0.2, 0.25) is 0 Å². The van der Waals surface area contributed by atoms with Crippen molar-refractivity contribution >= 4 is 51.7 Å². The van der Waals surface area contributed by atoms with Crippen LogP contribution in [0.1, 0.15) is 0 Å². The molecule has 0 aliphatic carbocycles. The quantitative estimate of drug-likeness (QED) is 0.112. The Morgan fingerprint density at radius 1 is 0.133 bits per heavy atom. The second-order valence-electron chi connectivity index (χ2n) is 13.9. The van der Waals surface area contributed by atoms with E-state index in [2.05, 4.69) is 37.2 Å². The summed E-state index contributed by atoms with van der Waals surface area (Å²) in [7, 11) is 0. The van der Waals surface area contributed by atoms with E-state index < -0.39 is 162 Å². The summed E-state index contributed by atoms with van der Waals surface area (Å²) < 4.78 is 633. The number of halogens is 48. The summed E-state index contributed by atoms with van der Waals surface area (Å²) in [6.45, 7) is -17.0. The minimum Gasteiger partial charge on any atom is -0.503 e. The molecule has 0 aromatic carbocycles. The fourth-order valence-corrected chi connectivity index (χ4v) is 4.44. The zero-order valence-corrected chi connectivity index (χ0v) is 38.1. The Kier molecular flexibility index (Phi) is 26.6. The van der Waals surface area contributed by atoms with Crippen LogP contribution in [0, 0.1) is 0 Å². The van der Waals surface area contributed by atoms with Crippen molar-refractivity contribution in [1.82, 2.24) is 0 Å². The number of hydrogen-bond donors (Lipinski definition) is 0. The van der Waals surface area contributed by atoms with Gasteiger partial charge in [-0.05, 0) is 0 Å². The van der Waals surface area contributed by atoms with E-state index in [0.29, 0.717) is 0 Å². The molecule has 59 heteroatoms. The van der Waals surface area contributed by atoms with Gasteiger partial charge in [0.25, 0.3) is 0 Å². The minimum absolute atomic E-state index is 0. The predicted molar refractivity (Wildman–Crippen MR) is 153 cm³/mol. The molecule has 0 amide bonds. The van der Waals surface area contributed by atoms with Crippen molar-refractivity contribution in [2.45, 2.75) is 148 Å². The van der Waals surface area contributed by atoms with E-state index >= 15 is 0 Å². The van der Waals surface area contributed by atoms with Gasteiger partial charge in [-0.3, -0.25) is 0 Å². The van der Waals surface area contributed by atoms with Crippen LogP contribution >= 0.6 is 0 Å². The molecule has 0 N–H and O–H groups in total. The Bertz CT molecular complexity index is 1430. The maximum Gasteiger partial charge on any atom is 2.00 e. The molecule has 0 fully saturated rings. The standard InChI is InChI=1S/2C12H4BF24O4.Ca/c2*14-5(15,16)1(6(17,18)19)38-13(39-2(7(20,21)22)8(23,24)25,40-3(9(26,27)28)10(29,30)31)41-4(11(32,33)34)12(35,36)37;/h2*1-4H;/q2*-1;+2. The van der Waals surface area contributed by atoms with Crippen molar-refractivity contribution in [3.63, 3.8) is 0 Å². The van der Waals surface area contributed by atoms with E-state index in [1.807, 2.05) is 0 Å². The van der Waals surface area contributed by atoms with Crippen LogP contribution in [-0.4, -0.2) is 199 Å². The SMILES string of the molecule is FC(F)(F)C(O[B-](OC(C(F)(F)F)C(F)(F)F)(OC(C(F)(F)F)C(F)(F)F)OC(C(F)(F)F)C(F)(F)F)C(F)(F)F.FC(F)(F)C(O[B-](OC(C(F)(F)F)C(F)(F)F)(OC(C(F)(F)F)C(F)(F)F)OC(C(F)(F)F)C(F)(F)F)C(F)(F)F.[Ca+2]. The minimum atomic E-state index is -8.49. The van der Waals surface area contributed by atoms with Crippen molar-refractivity contribution in [1.29, 1.82) is 0 Å². The Hall–Kier alpha value is -2.29. The molecule has 0 atom stereocenters. The van der Waals surface area contributed by atoms with Crippen LogP contribution in [0.4, 0.5) is 211 Å². The Balaban J connectivity index is -0.00000152. The van der Waals surface area contributed by atoms with E-state index in [1.54, 1.807) is 0 Å². The topological polar surface area (TPSA) is 73.8 Å². The molecule has 0 saturated carbocycles. The van der Waals surface area contributed by atoms with Gasteiger partial charge in [0.2, 0.25) is 48.8 Å². The van der Waals surface area contributed by atoms with Crippen LogP contribution < -0.4 is 0 Å². The van der Waals surface area contributed by atoms with Crippen molar-refractivity contribution in [2.24, 2.45) is 0 Å². The third-order valence-corrected chi connectivity index (χ3v) is 7.18. The molecule has 8 nitrogen and oxygen atoms in total. The smallest absolute Gasteiger partial charge is 0.503 e. The average molecular weight is 1400 g/mol. The molecule has 0 spiro atoms. The van der Waals surface area contributed by atoms with E-state index in [1.165, 1.54) is 0 Å². The Labute approximate surface area is 447 Å². The molecule has 496 valence electrons. The predicted octanol–water partition coefficient (Wildman–Crippen LogP) is 14.5. The molecule has 0 aromatic rings. The first kappa shape index (κ1) is 84.9. The van der Waals surface area contributed by atoms with Crippen LogP contribution in [0.5, 0.6) is 0 Å².